The maximum atomic E-state index is 11.4. The summed E-state index contributed by atoms with van der Waals surface area (Å²) in [6.45, 7) is 10.2. The van der Waals surface area contributed by atoms with E-state index < -0.39 is 0 Å². The molecule has 0 saturated carbocycles. The Balaban J connectivity index is 2.20. The summed E-state index contributed by atoms with van der Waals surface area (Å²) in [7, 11) is 0. The standard InChI is InChI=1S/C13H27N3O/c1-3-15-13(17)7-9-16(4-2)11-12-6-5-8-14-10-12/h12,14H,3-11H2,1-2H3,(H,15,17). The highest BCUT2D eigenvalue weighted by molar-refractivity contribution is 5.75. The van der Waals surface area contributed by atoms with Crippen LogP contribution < -0.4 is 10.6 Å². The summed E-state index contributed by atoms with van der Waals surface area (Å²) in [5.41, 5.74) is 0. The molecule has 1 aliphatic rings. The molecule has 0 spiro atoms. The second-order valence-corrected chi connectivity index (χ2v) is 4.81. The van der Waals surface area contributed by atoms with Gasteiger partial charge in [0.2, 0.25) is 5.91 Å². The quantitative estimate of drug-likeness (QED) is 0.694. The topological polar surface area (TPSA) is 44.4 Å². The van der Waals surface area contributed by atoms with Gasteiger partial charge in [0.15, 0.2) is 0 Å². The zero-order valence-electron chi connectivity index (χ0n) is 11.3. The first-order valence-corrected chi connectivity index (χ1v) is 6.96. The molecule has 0 bridgehead atoms. The lowest BCUT2D eigenvalue weighted by atomic mass is 9.99. The van der Waals surface area contributed by atoms with Crippen LogP contribution in [0.2, 0.25) is 0 Å². The third-order valence-corrected chi connectivity index (χ3v) is 3.39. The molecule has 1 rings (SSSR count). The Kier molecular flexibility index (Phi) is 7.21. The van der Waals surface area contributed by atoms with Gasteiger partial charge >= 0.3 is 0 Å². The first-order chi connectivity index (χ1) is 8.26. The van der Waals surface area contributed by atoms with Gasteiger partial charge in [0.1, 0.15) is 0 Å². The summed E-state index contributed by atoms with van der Waals surface area (Å²) in [5, 5.41) is 6.29. The van der Waals surface area contributed by atoms with Crippen molar-refractivity contribution in [3.63, 3.8) is 0 Å². The monoisotopic (exact) mass is 241 g/mol. The number of hydrogen-bond donors (Lipinski definition) is 2. The van der Waals surface area contributed by atoms with Gasteiger partial charge in [-0.15, -0.1) is 0 Å². The molecule has 1 atom stereocenters. The minimum Gasteiger partial charge on any atom is -0.356 e. The van der Waals surface area contributed by atoms with Crippen LogP contribution in [-0.2, 0) is 4.79 Å². The minimum atomic E-state index is 0.174. The van der Waals surface area contributed by atoms with Crippen LogP contribution in [-0.4, -0.2) is 50.1 Å². The maximum absolute atomic E-state index is 11.4. The number of carbonyl (C=O) groups excluding carboxylic acids is 1. The molecule has 0 aromatic heterocycles. The van der Waals surface area contributed by atoms with E-state index in [1.165, 1.54) is 19.4 Å². The van der Waals surface area contributed by atoms with E-state index in [0.717, 1.165) is 38.6 Å². The van der Waals surface area contributed by atoms with Gasteiger partial charge in [0, 0.05) is 26.1 Å². The first-order valence-electron chi connectivity index (χ1n) is 6.96. The van der Waals surface area contributed by atoms with Gasteiger partial charge in [-0.2, -0.15) is 0 Å². The summed E-state index contributed by atoms with van der Waals surface area (Å²) in [6, 6.07) is 0. The van der Waals surface area contributed by atoms with Crippen molar-refractivity contribution in [3.8, 4) is 0 Å². The molecule has 0 aromatic carbocycles. The van der Waals surface area contributed by atoms with Crippen molar-refractivity contribution >= 4 is 5.91 Å². The summed E-state index contributed by atoms with van der Waals surface area (Å²) in [4.78, 5) is 13.8. The molecule has 4 nitrogen and oxygen atoms in total. The predicted octanol–water partition coefficient (Wildman–Crippen LogP) is 0.834. The number of rotatable bonds is 7. The molecule has 2 N–H and O–H groups in total. The first kappa shape index (κ1) is 14.5. The molecule has 100 valence electrons. The Morgan fingerprint density at radius 3 is 2.88 bits per heavy atom. The molecule has 1 aliphatic heterocycles. The molecule has 0 radical (unpaired) electrons. The van der Waals surface area contributed by atoms with Crippen molar-refractivity contribution in [1.29, 1.82) is 0 Å². The normalized spacial score (nSPS) is 20.5. The van der Waals surface area contributed by atoms with E-state index in [4.69, 9.17) is 0 Å². The summed E-state index contributed by atoms with van der Waals surface area (Å²) < 4.78 is 0. The second-order valence-electron chi connectivity index (χ2n) is 4.81. The van der Waals surface area contributed by atoms with Gasteiger partial charge in [-0.3, -0.25) is 4.79 Å². The molecule has 1 fully saturated rings. The van der Waals surface area contributed by atoms with Crippen molar-refractivity contribution < 1.29 is 4.79 Å². The predicted molar refractivity (Wildman–Crippen MR) is 71.0 cm³/mol. The van der Waals surface area contributed by atoms with Crippen LogP contribution in [0.25, 0.3) is 0 Å². The Morgan fingerprint density at radius 2 is 2.29 bits per heavy atom. The van der Waals surface area contributed by atoms with Gasteiger partial charge in [-0.1, -0.05) is 6.92 Å². The van der Waals surface area contributed by atoms with Crippen molar-refractivity contribution in [2.24, 2.45) is 5.92 Å². The highest BCUT2D eigenvalue weighted by Crippen LogP contribution is 2.11. The van der Waals surface area contributed by atoms with E-state index in [1.807, 2.05) is 6.92 Å². The third-order valence-electron chi connectivity index (χ3n) is 3.39. The number of amides is 1. The van der Waals surface area contributed by atoms with Gasteiger partial charge in [-0.25, -0.2) is 0 Å². The molecular weight excluding hydrogens is 214 g/mol. The molecular formula is C13H27N3O. The van der Waals surface area contributed by atoms with E-state index in [0.29, 0.717) is 6.42 Å². The number of nitrogens with one attached hydrogen (secondary N) is 2. The smallest absolute Gasteiger partial charge is 0.221 e. The molecule has 0 aromatic rings. The lowest BCUT2D eigenvalue weighted by molar-refractivity contribution is -0.121. The van der Waals surface area contributed by atoms with Gasteiger partial charge in [0.25, 0.3) is 0 Å². The Bertz CT molecular complexity index is 215. The molecule has 4 heteroatoms. The van der Waals surface area contributed by atoms with E-state index >= 15 is 0 Å². The van der Waals surface area contributed by atoms with E-state index in [-0.39, 0.29) is 5.91 Å². The third kappa shape index (κ3) is 6.03. The lowest BCUT2D eigenvalue weighted by Crippen LogP contribution is -2.39. The van der Waals surface area contributed by atoms with Crippen molar-refractivity contribution in [3.05, 3.63) is 0 Å². The second kappa shape index (κ2) is 8.48. The number of nitrogens with zero attached hydrogens (tertiary/aromatic N) is 1. The average Bonchev–Trinajstić information content (AvgIpc) is 2.36. The van der Waals surface area contributed by atoms with Crippen LogP contribution in [0.15, 0.2) is 0 Å². The molecule has 17 heavy (non-hydrogen) atoms. The molecule has 1 saturated heterocycles. The van der Waals surface area contributed by atoms with E-state index in [2.05, 4.69) is 22.5 Å². The van der Waals surface area contributed by atoms with Crippen LogP contribution in [0, 0.1) is 5.92 Å². The highest BCUT2D eigenvalue weighted by atomic mass is 16.1. The van der Waals surface area contributed by atoms with Crippen LogP contribution >= 0.6 is 0 Å². The van der Waals surface area contributed by atoms with Crippen LogP contribution in [0.3, 0.4) is 0 Å². The van der Waals surface area contributed by atoms with E-state index in [1.54, 1.807) is 0 Å². The SMILES string of the molecule is CCNC(=O)CCN(CC)CC1CCCNC1. The Morgan fingerprint density at radius 1 is 1.47 bits per heavy atom. The van der Waals surface area contributed by atoms with Gasteiger partial charge in [-0.05, 0) is 45.3 Å². The minimum absolute atomic E-state index is 0.174. The van der Waals surface area contributed by atoms with Crippen molar-refractivity contribution in [2.45, 2.75) is 33.1 Å². The number of hydrogen-bond acceptors (Lipinski definition) is 3. The lowest BCUT2D eigenvalue weighted by Gasteiger charge is -2.29. The molecule has 1 amide bonds. The summed E-state index contributed by atoms with van der Waals surface area (Å²) in [6.07, 6.45) is 3.24. The summed E-state index contributed by atoms with van der Waals surface area (Å²) in [5.74, 6) is 0.936. The fourth-order valence-corrected chi connectivity index (χ4v) is 2.37. The van der Waals surface area contributed by atoms with Crippen LogP contribution in [0.1, 0.15) is 33.1 Å². The van der Waals surface area contributed by atoms with Crippen molar-refractivity contribution in [2.75, 3.05) is 39.3 Å². The Labute approximate surface area is 105 Å². The van der Waals surface area contributed by atoms with Crippen molar-refractivity contribution in [1.82, 2.24) is 15.5 Å². The fraction of sp³-hybridized carbons (Fsp3) is 0.923. The largest absolute Gasteiger partial charge is 0.356 e. The fourth-order valence-electron chi connectivity index (χ4n) is 2.37. The van der Waals surface area contributed by atoms with Crippen LogP contribution in [0.4, 0.5) is 0 Å². The van der Waals surface area contributed by atoms with E-state index in [9.17, 15) is 4.79 Å². The molecule has 1 unspecified atom stereocenters. The average molecular weight is 241 g/mol. The van der Waals surface area contributed by atoms with Gasteiger partial charge < -0.3 is 15.5 Å². The van der Waals surface area contributed by atoms with Gasteiger partial charge in [0.05, 0.1) is 0 Å². The zero-order chi connectivity index (χ0) is 12.5. The molecule has 0 aliphatic carbocycles. The summed E-state index contributed by atoms with van der Waals surface area (Å²) >= 11 is 0. The highest BCUT2D eigenvalue weighted by Gasteiger charge is 2.16. The number of piperidine rings is 1. The van der Waals surface area contributed by atoms with Crippen LogP contribution in [0.5, 0.6) is 0 Å². The zero-order valence-corrected chi connectivity index (χ0v) is 11.3. The molecule has 1 heterocycles. The number of carbonyl (C=O) groups is 1. The Hall–Kier alpha value is -0.610. The maximum Gasteiger partial charge on any atom is 0.221 e.